The molecule has 0 aliphatic carbocycles. The van der Waals surface area contributed by atoms with Gasteiger partial charge in [-0.1, -0.05) is 23.7 Å². The molecule has 2 aromatic carbocycles. The normalized spacial score (nSPS) is 12.1. The van der Waals surface area contributed by atoms with Gasteiger partial charge < -0.3 is 5.32 Å². The number of nitrogens with one attached hydrogen (secondary N) is 2. The van der Waals surface area contributed by atoms with Crippen LogP contribution in [0.2, 0.25) is 5.02 Å². The van der Waals surface area contributed by atoms with E-state index in [2.05, 4.69) is 20.5 Å². The monoisotopic (exact) mass is 494 g/mol. The van der Waals surface area contributed by atoms with Crippen molar-refractivity contribution in [3.63, 3.8) is 0 Å². The van der Waals surface area contributed by atoms with Crippen LogP contribution in [-0.4, -0.2) is 29.5 Å². The lowest BCUT2D eigenvalue weighted by Gasteiger charge is -2.11. The lowest BCUT2D eigenvalue weighted by molar-refractivity contribution is -0.137. The van der Waals surface area contributed by atoms with Gasteiger partial charge in [0, 0.05) is 23.2 Å². The molecule has 0 radical (unpaired) electrons. The van der Waals surface area contributed by atoms with Crippen molar-refractivity contribution in [3.8, 4) is 0 Å². The van der Waals surface area contributed by atoms with E-state index in [1.807, 2.05) is 0 Å². The van der Waals surface area contributed by atoms with Crippen LogP contribution in [0.3, 0.4) is 0 Å². The molecule has 0 saturated carbocycles. The third-order valence-electron chi connectivity index (χ3n) is 4.75. The Kier molecular flexibility index (Phi) is 5.85. The summed E-state index contributed by atoms with van der Waals surface area (Å²) in [6.45, 7) is 0.0952. The molecule has 0 spiro atoms. The van der Waals surface area contributed by atoms with Gasteiger partial charge in [0.1, 0.15) is 0 Å². The summed E-state index contributed by atoms with van der Waals surface area (Å²) in [6.07, 6.45) is -1.81. The fraction of sp³-hybridized carbons (Fsp3) is 0.0952. The van der Waals surface area contributed by atoms with Gasteiger partial charge in [-0.2, -0.15) is 18.3 Å². The highest BCUT2D eigenvalue weighted by atomic mass is 35.5. The van der Waals surface area contributed by atoms with Crippen molar-refractivity contribution < 1.29 is 26.4 Å². The smallest absolute Gasteiger partial charge is 0.348 e. The molecule has 2 N–H and O–H groups in total. The first-order chi connectivity index (χ1) is 15.5. The van der Waals surface area contributed by atoms with E-state index in [-0.39, 0.29) is 22.4 Å². The number of hydrogen-bond donors (Lipinski definition) is 2. The third-order valence-corrected chi connectivity index (χ3v) is 6.72. The Hall–Kier alpha value is -3.44. The van der Waals surface area contributed by atoms with E-state index < -0.39 is 26.5 Å². The minimum Gasteiger partial charge on any atom is -0.348 e. The first-order valence-electron chi connectivity index (χ1n) is 9.33. The molecule has 0 atom stereocenters. The number of rotatable bonds is 5. The Morgan fingerprint density at radius 1 is 1.03 bits per heavy atom. The number of sulfone groups is 1. The van der Waals surface area contributed by atoms with E-state index >= 15 is 0 Å². The zero-order valence-corrected chi connectivity index (χ0v) is 18.1. The van der Waals surface area contributed by atoms with E-state index in [1.165, 1.54) is 36.7 Å². The first-order valence-corrected chi connectivity index (χ1v) is 11.2. The molecule has 4 rings (SSSR count). The summed E-state index contributed by atoms with van der Waals surface area (Å²) in [5.41, 5.74) is 0.299. The maximum atomic E-state index is 13.0. The van der Waals surface area contributed by atoms with E-state index in [4.69, 9.17) is 11.6 Å². The Balaban J connectivity index is 1.49. The maximum absolute atomic E-state index is 13.0. The van der Waals surface area contributed by atoms with Crippen molar-refractivity contribution in [3.05, 3.63) is 82.6 Å². The molecule has 0 saturated heterocycles. The Labute approximate surface area is 190 Å². The fourth-order valence-electron chi connectivity index (χ4n) is 3.05. The van der Waals surface area contributed by atoms with Crippen LogP contribution in [0, 0.1) is 0 Å². The topological polar surface area (TPSA) is 105 Å². The number of fused-ring (bicyclic) bond motifs is 1. The summed E-state index contributed by atoms with van der Waals surface area (Å²) >= 11 is 5.71. The number of halogens is 4. The molecule has 4 aromatic rings. The summed E-state index contributed by atoms with van der Waals surface area (Å²) in [6, 6.07) is 9.21. The highest BCUT2D eigenvalue weighted by Crippen LogP contribution is 2.34. The lowest BCUT2D eigenvalue weighted by atomic mass is 10.2. The molecule has 1 amide bonds. The number of H-pyrrole nitrogens is 1. The van der Waals surface area contributed by atoms with Crippen LogP contribution in [-0.2, 0) is 22.6 Å². The number of carbonyl (C=O) groups excluding carboxylic acids is 1. The zero-order chi connectivity index (χ0) is 23.8. The standard InChI is InChI=1S/C21H14ClF3N4O3S/c22-16-6-15(21(23,24)25)7-18(8-16)33(31,32)17-3-1-12(2-4-17)9-27-20(30)14-5-13-11-28-29-19(13)26-10-14/h1-8,10-11H,9H2,(H,27,30)(H,26,28,29). The Bertz CT molecular complexity index is 1450. The molecule has 0 unspecified atom stereocenters. The van der Waals surface area contributed by atoms with Crippen LogP contribution in [0.25, 0.3) is 11.0 Å². The van der Waals surface area contributed by atoms with Crippen molar-refractivity contribution >= 4 is 38.4 Å². The Morgan fingerprint density at radius 2 is 1.76 bits per heavy atom. The molecule has 170 valence electrons. The molecule has 0 bridgehead atoms. The van der Waals surface area contributed by atoms with Crippen molar-refractivity contribution in [1.29, 1.82) is 0 Å². The SMILES string of the molecule is O=C(NCc1ccc(S(=O)(=O)c2cc(Cl)cc(C(F)(F)F)c2)cc1)c1cnc2[nH]ncc2c1. The van der Waals surface area contributed by atoms with Gasteiger partial charge in [0.2, 0.25) is 9.84 Å². The second-order valence-electron chi connectivity index (χ2n) is 7.04. The fourth-order valence-corrected chi connectivity index (χ4v) is 4.68. The van der Waals surface area contributed by atoms with Crippen molar-refractivity contribution in [1.82, 2.24) is 20.5 Å². The van der Waals surface area contributed by atoms with Gasteiger partial charge >= 0.3 is 6.18 Å². The van der Waals surface area contributed by atoms with Gasteiger partial charge in [-0.15, -0.1) is 0 Å². The van der Waals surface area contributed by atoms with E-state index in [1.54, 1.807) is 6.07 Å². The minimum absolute atomic E-state index is 0.0952. The summed E-state index contributed by atoms with van der Waals surface area (Å²) in [5, 5.41) is 9.54. The zero-order valence-electron chi connectivity index (χ0n) is 16.5. The number of amides is 1. The van der Waals surface area contributed by atoms with Crippen LogP contribution in [0.5, 0.6) is 0 Å². The number of hydrogen-bond acceptors (Lipinski definition) is 5. The average molecular weight is 495 g/mol. The van der Waals surface area contributed by atoms with Crippen LogP contribution < -0.4 is 5.32 Å². The van der Waals surface area contributed by atoms with Crippen molar-refractivity contribution in [2.75, 3.05) is 0 Å². The number of benzene rings is 2. The first kappa shape index (κ1) is 22.7. The summed E-state index contributed by atoms with van der Waals surface area (Å²) < 4.78 is 64.7. The van der Waals surface area contributed by atoms with Crippen LogP contribution in [0.4, 0.5) is 13.2 Å². The van der Waals surface area contributed by atoms with Crippen LogP contribution in [0.15, 0.2) is 70.7 Å². The van der Waals surface area contributed by atoms with Crippen molar-refractivity contribution in [2.24, 2.45) is 0 Å². The molecule has 2 aromatic heterocycles. The molecule has 0 aliphatic rings. The predicted octanol–water partition coefficient (Wildman–Crippen LogP) is 4.39. The summed E-state index contributed by atoms with van der Waals surface area (Å²) in [4.78, 5) is 15.7. The number of aromatic amines is 1. The van der Waals surface area contributed by atoms with Crippen LogP contribution >= 0.6 is 11.6 Å². The second kappa shape index (κ2) is 8.49. The van der Waals surface area contributed by atoms with Crippen LogP contribution in [0.1, 0.15) is 21.5 Å². The molecule has 33 heavy (non-hydrogen) atoms. The molecular formula is C21H14ClF3N4O3S. The summed E-state index contributed by atoms with van der Waals surface area (Å²) in [5.74, 6) is -0.388. The largest absolute Gasteiger partial charge is 0.416 e. The highest BCUT2D eigenvalue weighted by molar-refractivity contribution is 7.91. The third kappa shape index (κ3) is 4.83. The quantitative estimate of drug-likeness (QED) is 0.428. The highest BCUT2D eigenvalue weighted by Gasteiger charge is 2.32. The minimum atomic E-state index is -4.74. The second-order valence-corrected chi connectivity index (χ2v) is 9.42. The summed E-state index contributed by atoms with van der Waals surface area (Å²) in [7, 11) is -4.24. The molecule has 12 heteroatoms. The van der Waals surface area contributed by atoms with Gasteiger partial charge in [-0.25, -0.2) is 13.4 Å². The number of carbonyl (C=O) groups is 1. The number of aromatic nitrogens is 3. The van der Waals surface area contributed by atoms with Gasteiger partial charge in [0.15, 0.2) is 5.65 Å². The van der Waals surface area contributed by atoms with Gasteiger partial charge in [0.05, 0.1) is 27.1 Å². The molecular weight excluding hydrogens is 481 g/mol. The molecule has 7 nitrogen and oxygen atoms in total. The Morgan fingerprint density at radius 3 is 2.45 bits per heavy atom. The predicted molar refractivity (Wildman–Crippen MR) is 113 cm³/mol. The average Bonchev–Trinajstić information content (AvgIpc) is 3.24. The number of pyridine rings is 1. The van der Waals surface area contributed by atoms with Crippen molar-refractivity contribution in [2.45, 2.75) is 22.5 Å². The molecule has 2 heterocycles. The number of nitrogens with zero attached hydrogens (tertiary/aromatic N) is 2. The van der Waals surface area contributed by atoms with E-state index in [0.29, 0.717) is 34.3 Å². The molecule has 0 aliphatic heterocycles. The van der Waals surface area contributed by atoms with E-state index in [0.717, 1.165) is 6.07 Å². The van der Waals surface area contributed by atoms with Gasteiger partial charge in [-0.3, -0.25) is 9.89 Å². The maximum Gasteiger partial charge on any atom is 0.416 e. The van der Waals surface area contributed by atoms with Gasteiger partial charge in [0.25, 0.3) is 5.91 Å². The number of alkyl halides is 3. The molecule has 0 fully saturated rings. The lowest BCUT2D eigenvalue weighted by Crippen LogP contribution is -2.22. The van der Waals surface area contributed by atoms with Gasteiger partial charge in [-0.05, 0) is 42.0 Å². The van der Waals surface area contributed by atoms with E-state index in [9.17, 15) is 26.4 Å².